The number of hydrogen-bond donors (Lipinski definition) is 1. The van der Waals surface area contributed by atoms with Crippen LogP contribution in [-0.4, -0.2) is 10.1 Å². The van der Waals surface area contributed by atoms with Crippen LogP contribution in [0, 0.1) is 0 Å². The van der Waals surface area contributed by atoms with Gasteiger partial charge in [0.15, 0.2) is 5.82 Å². The van der Waals surface area contributed by atoms with Gasteiger partial charge in [0.05, 0.1) is 5.02 Å². The first-order valence-electron chi connectivity index (χ1n) is 5.98. The SMILES string of the molecule is Oc1ccc2ccccc2c1/N=N/c1ccc(Cl)cn1. The maximum Gasteiger partial charge on any atom is 0.174 e. The van der Waals surface area contributed by atoms with Gasteiger partial charge in [-0.3, -0.25) is 0 Å². The van der Waals surface area contributed by atoms with Crippen LogP contribution >= 0.6 is 11.6 Å². The smallest absolute Gasteiger partial charge is 0.174 e. The highest BCUT2D eigenvalue weighted by molar-refractivity contribution is 6.30. The molecule has 0 saturated carbocycles. The van der Waals surface area contributed by atoms with E-state index in [9.17, 15) is 5.11 Å². The highest BCUT2D eigenvalue weighted by Crippen LogP contribution is 2.35. The van der Waals surface area contributed by atoms with Crippen LogP contribution in [0.25, 0.3) is 10.8 Å². The number of phenolic OH excluding ortho intramolecular Hbond substituents is 1. The van der Waals surface area contributed by atoms with Crippen LogP contribution in [0.15, 0.2) is 65.0 Å². The number of fused-ring (bicyclic) bond motifs is 1. The fourth-order valence-electron chi connectivity index (χ4n) is 1.88. The maximum atomic E-state index is 9.94. The maximum absolute atomic E-state index is 9.94. The molecule has 0 unspecified atom stereocenters. The molecule has 0 aliphatic rings. The van der Waals surface area contributed by atoms with E-state index in [-0.39, 0.29) is 5.75 Å². The number of halogens is 1. The van der Waals surface area contributed by atoms with E-state index in [1.807, 2.05) is 30.3 Å². The molecule has 0 spiro atoms. The van der Waals surface area contributed by atoms with Crippen molar-refractivity contribution in [2.75, 3.05) is 0 Å². The van der Waals surface area contributed by atoms with E-state index >= 15 is 0 Å². The predicted octanol–water partition coefficient (Wildman–Crippen LogP) is 5.01. The van der Waals surface area contributed by atoms with E-state index < -0.39 is 0 Å². The van der Waals surface area contributed by atoms with Crippen molar-refractivity contribution >= 4 is 33.9 Å². The average Bonchev–Trinajstić information content (AvgIpc) is 2.48. The fourth-order valence-corrected chi connectivity index (χ4v) is 1.99. The summed E-state index contributed by atoms with van der Waals surface area (Å²) >= 11 is 5.76. The molecule has 1 heterocycles. The Balaban J connectivity index is 2.06. The van der Waals surface area contributed by atoms with Gasteiger partial charge in [0.1, 0.15) is 11.4 Å². The van der Waals surface area contributed by atoms with Gasteiger partial charge in [-0.25, -0.2) is 4.98 Å². The highest BCUT2D eigenvalue weighted by Gasteiger charge is 2.05. The Bertz CT molecular complexity index is 785. The minimum atomic E-state index is 0.0846. The lowest BCUT2D eigenvalue weighted by atomic mass is 10.1. The van der Waals surface area contributed by atoms with Gasteiger partial charge in [0.25, 0.3) is 0 Å². The molecule has 98 valence electrons. The molecule has 4 nitrogen and oxygen atoms in total. The predicted molar refractivity (Wildman–Crippen MR) is 79.0 cm³/mol. The zero-order chi connectivity index (χ0) is 13.9. The van der Waals surface area contributed by atoms with E-state index in [4.69, 9.17) is 11.6 Å². The molecule has 0 fully saturated rings. The molecule has 0 amide bonds. The average molecular weight is 284 g/mol. The van der Waals surface area contributed by atoms with Crippen molar-refractivity contribution in [1.82, 2.24) is 4.98 Å². The van der Waals surface area contributed by atoms with Gasteiger partial charge < -0.3 is 5.11 Å². The van der Waals surface area contributed by atoms with Crippen molar-refractivity contribution in [3.8, 4) is 5.75 Å². The molecule has 0 radical (unpaired) electrons. The van der Waals surface area contributed by atoms with Crippen LogP contribution < -0.4 is 0 Å². The Morgan fingerprint density at radius 3 is 2.60 bits per heavy atom. The molecule has 3 rings (SSSR count). The van der Waals surface area contributed by atoms with Crippen LogP contribution in [-0.2, 0) is 0 Å². The molecule has 0 aliphatic carbocycles. The standard InChI is InChI=1S/C15H10ClN3O/c16-11-6-8-14(17-9-11)18-19-15-12-4-2-1-3-10(12)5-7-13(15)20/h1-9,20H/b19-18+. The Labute approximate surface area is 120 Å². The summed E-state index contributed by atoms with van der Waals surface area (Å²) in [6.45, 7) is 0. The normalized spacial score (nSPS) is 11.2. The number of hydrogen-bond acceptors (Lipinski definition) is 4. The van der Waals surface area contributed by atoms with E-state index in [2.05, 4.69) is 15.2 Å². The molecular weight excluding hydrogens is 274 g/mol. The third-order valence-electron chi connectivity index (χ3n) is 2.84. The van der Waals surface area contributed by atoms with E-state index in [0.717, 1.165) is 10.8 Å². The van der Waals surface area contributed by atoms with Gasteiger partial charge in [-0.15, -0.1) is 10.2 Å². The lowest BCUT2D eigenvalue weighted by Crippen LogP contribution is -1.75. The molecule has 0 bridgehead atoms. The third-order valence-corrected chi connectivity index (χ3v) is 3.07. The van der Waals surface area contributed by atoms with Crippen LogP contribution in [0.1, 0.15) is 0 Å². The molecular formula is C15H10ClN3O. The molecule has 1 aromatic heterocycles. The number of rotatable bonds is 2. The third kappa shape index (κ3) is 2.46. The first-order chi connectivity index (χ1) is 9.74. The summed E-state index contributed by atoms with van der Waals surface area (Å²) in [6.07, 6.45) is 1.50. The second-order valence-electron chi connectivity index (χ2n) is 4.19. The minimum Gasteiger partial charge on any atom is -0.506 e. The summed E-state index contributed by atoms with van der Waals surface area (Å²) in [5.74, 6) is 0.517. The summed E-state index contributed by atoms with van der Waals surface area (Å²) in [7, 11) is 0. The first-order valence-corrected chi connectivity index (χ1v) is 6.36. The fraction of sp³-hybridized carbons (Fsp3) is 0. The number of nitrogens with zero attached hydrogens (tertiary/aromatic N) is 3. The Morgan fingerprint density at radius 1 is 0.950 bits per heavy atom. The van der Waals surface area contributed by atoms with E-state index in [1.54, 1.807) is 18.2 Å². The lowest BCUT2D eigenvalue weighted by Gasteiger charge is -2.03. The summed E-state index contributed by atoms with van der Waals surface area (Å²) in [4.78, 5) is 4.03. The molecule has 0 saturated heterocycles. The Kier molecular flexibility index (Phi) is 3.31. The van der Waals surface area contributed by atoms with Gasteiger partial charge >= 0.3 is 0 Å². The molecule has 1 N–H and O–H groups in total. The van der Waals surface area contributed by atoms with Gasteiger partial charge in [-0.2, -0.15) is 0 Å². The van der Waals surface area contributed by atoms with Gasteiger partial charge in [-0.1, -0.05) is 41.9 Å². The second-order valence-corrected chi connectivity index (χ2v) is 4.63. The molecule has 2 aromatic carbocycles. The summed E-state index contributed by atoms with van der Waals surface area (Å²) in [5, 5.41) is 20.4. The van der Waals surface area contributed by atoms with Crippen molar-refractivity contribution in [3.05, 3.63) is 59.8 Å². The van der Waals surface area contributed by atoms with Gasteiger partial charge in [0, 0.05) is 11.6 Å². The summed E-state index contributed by atoms with van der Waals surface area (Å²) < 4.78 is 0. The first kappa shape index (κ1) is 12.6. The Hall–Kier alpha value is -2.46. The van der Waals surface area contributed by atoms with E-state index in [1.165, 1.54) is 6.20 Å². The minimum absolute atomic E-state index is 0.0846. The zero-order valence-corrected chi connectivity index (χ0v) is 11.1. The topological polar surface area (TPSA) is 57.8 Å². The summed E-state index contributed by atoms with van der Waals surface area (Å²) in [5.41, 5.74) is 0.430. The number of aromatic hydroxyl groups is 1. The van der Waals surface area contributed by atoms with E-state index in [0.29, 0.717) is 16.5 Å². The molecule has 0 atom stereocenters. The van der Waals surface area contributed by atoms with Crippen molar-refractivity contribution in [1.29, 1.82) is 0 Å². The summed E-state index contributed by atoms with van der Waals surface area (Å²) in [6, 6.07) is 14.4. The molecule has 0 aliphatic heterocycles. The Morgan fingerprint density at radius 2 is 1.80 bits per heavy atom. The number of pyridine rings is 1. The van der Waals surface area contributed by atoms with Gasteiger partial charge in [-0.05, 0) is 23.6 Å². The second kappa shape index (κ2) is 5.27. The van der Waals surface area contributed by atoms with Gasteiger partial charge in [0.2, 0.25) is 0 Å². The van der Waals surface area contributed by atoms with Crippen molar-refractivity contribution in [3.63, 3.8) is 0 Å². The van der Waals surface area contributed by atoms with Crippen molar-refractivity contribution in [2.45, 2.75) is 0 Å². The molecule has 3 aromatic rings. The largest absolute Gasteiger partial charge is 0.506 e. The highest BCUT2D eigenvalue weighted by atomic mass is 35.5. The lowest BCUT2D eigenvalue weighted by molar-refractivity contribution is 0.477. The monoisotopic (exact) mass is 283 g/mol. The number of aromatic nitrogens is 1. The van der Waals surface area contributed by atoms with Crippen LogP contribution in [0.3, 0.4) is 0 Å². The molecule has 20 heavy (non-hydrogen) atoms. The molecule has 5 heteroatoms. The van der Waals surface area contributed by atoms with Crippen LogP contribution in [0.4, 0.5) is 11.5 Å². The van der Waals surface area contributed by atoms with Crippen molar-refractivity contribution < 1.29 is 5.11 Å². The van der Waals surface area contributed by atoms with Crippen LogP contribution in [0.2, 0.25) is 5.02 Å². The zero-order valence-electron chi connectivity index (χ0n) is 10.4. The number of azo groups is 1. The number of phenols is 1. The quantitative estimate of drug-likeness (QED) is 0.672. The van der Waals surface area contributed by atoms with Crippen molar-refractivity contribution in [2.24, 2.45) is 10.2 Å². The van der Waals surface area contributed by atoms with Crippen LogP contribution in [0.5, 0.6) is 5.75 Å². The number of benzene rings is 2.